The lowest BCUT2D eigenvalue weighted by Gasteiger charge is -2.22. The van der Waals surface area contributed by atoms with Gasteiger partial charge in [-0.05, 0) is 37.8 Å². The number of aryl methyl sites for hydroxylation is 1. The van der Waals surface area contributed by atoms with Crippen LogP contribution >= 0.6 is 0 Å². The minimum absolute atomic E-state index is 0.0352. The van der Waals surface area contributed by atoms with E-state index < -0.39 is 11.4 Å². The average Bonchev–Trinajstić information content (AvgIpc) is 3.44. The van der Waals surface area contributed by atoms with Crippen molar-refractivity contribution in [1.82, 2.24) is 19.5 Å². The van der Waals surface area contributed by atoms with E-state index in [1.807, 2.05) is 0 Å². The van der Waals surface area contributed by atoms with Gasteiger partial charge in [0.15, 0.2) is 11.5 Å². The van der Waals surface area contributed by atoms with Gasteiger partial charge in [0.1, 0.15) is 23.0 Å². The van der Waals surface area contributed by atoms with E-state index in [1.165, 1.54) is 12.4 Å². The molecular formula is C19H18FN5O3. The Kier molecular flexibility index (Phi) is 3.63. The fourth-order valence-electron chi connectivity index (χ4n) is 4.17. The molecule has 0 spiro atoms. The van der Waals surface area contributed by atoms with Gasteiger partial charge in [-0.25, -0.2) is 4.98 Å². The Bertz CT molecular complexity index is 1210. The lowest BCUT2D eigenvalue weighted by Crippen LogP contribution is -2.33. The van der Waals surface area contributed by atoms with Crippen LogP contribution in [0.25, 0.3) is 28.1 Å². The molecule has 28 heavy (non-hydrogen) atoms. The summed E-state index contributed by atoms with van der Waals surface area (Å²) in [5, 5.41) is 16.8. The third-order valence-electron chi connectivity index (χ3n) is 5.68. The summed E-state index contributed by atoms with van der Waals surface area (Å²) in [6.45, 7) is 1.62. The molecule has 3 aromatic heterocycles. The van der Waals surface area contributed by atoms with Crippen molar-refractivity contribution in [3.8, 4) is 11.6 Å². The largest absolute Gasteiger partial charge is 0.618 e. The highest BCUT2D eigenvalue weighted by molar-refractivity contribution is 5.82. The highest BCUT2D eigenvalue weighted by atomic mass is 19.1. The van der Waals surface area contributed by atoms with E-state index in [1.54, 1.807) is 30.6 Å². The number of halogens is 1. The molecule has 9 heteroatoms. The fourth-order valence-corrected chi connectivity index (χ4v) is 4.17. The first-order valence-corrected chi connectivity index (χ1v) is 9.13. The second-order valence-corrected chi connectivity index (χ2v) is 7.13. The highest BCUT2D eigenvalue weighted by Gasteiger charge is 2.40. The number of fused-ring (bicyclic) bond motifs is 3. The first-order valence-electron chi connectivity index (χ1n) is 9.13. The van der Waals surface area contributed by atoms with Crippen LogP contribution in [0.4, 0.5) is 4.39 Å². The van der Waals surface area contributed by atoms with Gasteiger partial charge >= 0.3 is 0 Å². The van der Waals surface area contributed by atoms with E-state index in [2.05, 4.69) is 15.1 Å². The predicted molar refractivity (Wildman–Crippen MR) is 96.8 cm³/mol. The number of nitrogens with zero attached hydrogens (tertiary/aromatic N) is 5. The van der Waals surface area contributed by atoms with Crippen molar-refractivity contribution in [1.29, 1.82) is 0 Å². The van der Waals surface area contributed by atoms with Gasteiger partial charge in [-0.1, -0.05) is 11.2 Å². The Morgan fingerprint density at radius 1 is 1.32 bits per heavy atom. The highest BCUT2D eigenvalue weighted by Crippen LogP contribution is 2.41. The maximum Gasteiger partial charge on any atom is 0.279 e. The van der Waals surface area contributed by atoms with Gasteiger partial charge < -0.3 is 14.5 Å². The molecule has 144 valence electrons. The molecule has 1 aromatic carbocycles. The Morgan fingerprint density at radius 2 is 2.11 bits per heavy atom. The van der Waals surface area contributed by atoms with Gasteiger partial charge in [-0.3, -0.25) is 4.40 Å². The van der Waals surface area contributed by atoms with Gasteiger partial charge in [-0.15, -0.1) is 0 Å². The van der Waals surface area contributed by atoms with Crippen molar-refractivity contribution in [2.75, 3.05) is 7.11 Å². The third-order valence-corrected chi connectivity index (χ3v) is 5.68. The van der Waals surface area contributed by atoms with E-state index >= 15 is 0 Å². The number of imidazole rings is 1. The molecule has 0 saturated heterocycles. The number of para-hydroxylation sites is 1. The summed E-state index contributed by atoms with van der Waals surface area (Å²) in [7, 11) is 1.65. The Balaban J connectivity index is 1.72. The summed E-state index contributed by atoms with van der Waals surface area (Å²) in [6.07, 6.45) is 5.27. The molecule has 8 nitrogen and oxygen atoms in total. The number of rotatable bonds is 3. The summed E-state index contributed by atoms with van der Waals surface area (Å²) in [5.74, 6) is 0.110. The summed E-state index contributed by atoms with van der Waals surface area (Å²) in [4.78, 5) is 8.92. The molecule has 1 aliphatic rings. The fraction of sp³-hybridized carbons (Fsp3) is 0.368. The van der Waals surface area contributed by atoms with Crippen molar-refractivity contribution in [2.45, 2.75) is 38.2 Å². The van der Waals surface area contributed by atoms with E-state index in [9.17, 15) is 9.60 Å². The number of hydrogen-bond donors (Lipinski definition) is 0. The van der Waals surface area contributed by atoms with Crippen LogP contribution in [-0.2, 0) is 10.3 Å². The van der Waals surface area contributed by atoms with Crippen LogP contribution < -0.4 is 4.73 Å². The Labute approximate surface area is 159 Å². The van der Waals surface area contributed by atoms with Gasteiger partial charge in [0.25, 0.3) is 11.4 Å². The number of benzene rings is 1. The number of methoxy groups -OCH3 is 1. The Morgan fingerprint density at radius 3 is 2.86 bits per heavy atom. The molecule has 0 bridgehead atoms. The topological polar surface area (TPSA) is 92.4 Å². The molecule has 0 N–H and O–H groups in total. The molecule has 0 aliphatic heterocycles. The number of ether oxygens (including phenoxy) is 1. The zero-order valence-electron chi connectivity index (χ0n) is 15.5. The predicted octanol–water partition coefficient (Wildman–Crippen LogP) is 3.03. The molecule has 0 unspecified atom stereocenters. The van der Waals surface area contributed by atoms with Crippen molar-refractivity contribution in [3.63, 3.8) is 0 Å². The minimum Gasteiger partial charge on any atom is -0.618 e. The average molecular weight is 383 g/mol. The molecule has 0 atom stereocenters. The maximum absolute atomic E-state index is 14.2. The molecule has 0 radical (unpaired) electrons. The standard InChI is InChI=1S/C19H18FN5O3/c1-11-15-14(17-22-18(23-28-17)19(27-2)8-3-4-9-19)21-10-24(15)13-7-5-6-12(20)16(13)25(11)26/h5-7,10H,3-4,8-9H2,1-2H3. The van der Waals surface area contributed by atoms with Gasteiger partial charge in [0, 0.05) is 14.0 Å². The van der Waals surface area contributed by atoms with Crippen molar-refractivity contribution in [3.05, 3.63) is 47.1 Å². The lowest BCUT2D eigenvalue weighted by molar-refractivity contribution is -0.584. The number of aromatic nitrogens is 5. The van der Waals surface area contributed by atoms with E-state index in [0.29, 0.717) is 33.0 Å². The molecule has 1 fully saturated rings. The van der Waals surface area contributed by atoms with E-state index in [0.717, 1.165) is 25.7 Å². The second kappa shape index (κ2) is 5.96. The molecule has 4 aromatic rings. The zero-order valence-corrected chi connectivity index (χ0v) is 15.5. The number of hydrogen-bond acceptors (Lipinski definition) is 6. The Hall–Kier alpha value is -3.07. The quantitative estimate of drug-likeness (QED) is 0.399. The monoisotopic (exact) mass is 383 g/mol. The van der Waals surface area contributed by atoms with Crippen LogP contribution in [0, 0.1) is 17.9 Å². The third kappa shape index (κ3) is 2.19. The second-order valence-electron chi connectivity index (χ2n) is 7.13. The first kappa shape index (κ1) is 17.1. The summed E-state index contributed by atoms with van der Waals surface area (Å²) >= 11 is 0. The smallest absolute Gasteiger partial charge is 0.279 e. The van der Waals surface area contributed by atoms with Crippen LogP contribution in [0.2, 0.25) is 0 Å². The van der Waals surface area contributed by atoms with Crippen LogP contribution in [0.5, 0.6) is 0 Å². The zero-order chi connectivity index (χ0) is 19.5. The van der Waals surface area contributed by atoms with E-state index in [-0.39, 0.29) is 11.4 Å². The minimum atomic E-state index is -0.587. The van der Waals surface area contributed by atoms with Crippen LogP contribution in [-0.4, -0.2) is 26.6 Å². The maximum atomic E-state index is 14.2. The molecule has 0 amide bonds. The van der Waals surface area contributed by atoms with Crippen LogP contribution in [0.1, 0.15) is 37.2 Å². The SMILES string of the molecule is COC1(c2noc(-c3ncn4c3c(C)[n+]([O-])c3c(F)cccc34)n2)CCCC1. The summed E-state index contributed by atoms with van der Waals surface area (Å²) in [5.41, 5.74) is 1.02. The molecule has 1 saturated carbocycles. The first-order chi connectivity index (χ1) is 13.6. The summed E-state index contributed by atoms with van der Waals surface area (Å²) in [6, 6.07) is 4.48. The van der Waals surface area contributed by atoms with Gasteiger partial charge in [0.05, 0.1) is 0 Å². The van der Waals surface area contributed by atoms with Crippen LogP contribution in [0.3, 0.4) is 0 Å². The molecule has 3 heterocycles. The van der Waals surface area contributed by atoms with Crippen molar-refractivity contribution in [2.24, 2.45) is 0 Å². The van der Waals surface area contributed by atoms with Crippen molar-refractivity contribution < 1.29 is 18.4 Å². The molecule has 1 aliphatic carbocycles. The molecular weight excluding hydrogens is 365 g/mol. The van der Waals surface area contributed by atoms with Crippen LogP contribution in [0.15, 0.2) is 29.0 Å². The lowest BCUT2D eigenvalue weighted by atomic mass is 10.0. The van der Waals surface area contributed by atoms with Gasteiger partial charge in [-0.2, -0.15) is 14.1 Å². The van der Waals surface area contributed by atoms with Gasteiger partial charge in [0.2, 0.25) is 11.5 Å². The summed E-state index contributed by atoms with van der Waals surface area (Å²) < 4.78 is 27.7. The van der Waals surface area contributed by atoms with E-state index in [4.69, 9.17) is 9.26 Å². The normalized spacial score (nSPS) is 16.4. The van der Waals surface area contributed by atoms with Crippen molar-refractivity contribution >= 4 is 16.6 Å². The molecule has 5 rings (SSSR count).